The number of rotatable bonds is 5. The lowest BCUT2D eigenvalue weighted by atomic mass is 10.1. The highest BCUT2D eigenvalue weighted by Gasteiger charge is 2.21. The number of carbonyl (C=O) groups is 2. The summed E-state index contributed by atoms with van der Waals surface area (Å²) in [6.45, 7) is 4.89. The monoisotopic (exact) mass is 279 g/mol. The lowest BCUT2D eigenvalue weighted by molar-refractivity contribution is -0.124. The molecule has 4 N–H and O–H groups in total. The third-order valence-electron chi connectivity index (χ3n) is 2.70. The van der Waals surface area contributed by atoms with Crippen molar-refractivity contribution >= 4 is 23.2 Å². The first kappa shape index (κ1) is 16.1. The summed E-state index contributed by atoms with van der Waals surface area (Å²) < 4.78 is 4.93. The summed E-state index contributed by atoms with van der Waals surface area (Å²) >= 11 is 0. The van der Waals surface area contributed by atoms with Gasteiger partial charge in [-0.3, -0.25) is 9.59 Å². The maximum absolute atomic E-state index is 11.8. The summed E-state index contributed by atoms with van der Waals surface area (Å²) in [6.07, 6.45) is -0.545. The Morgan fingerprint density at radius 1 is 1.25 bits per heavy atom. The van der Waals surface area contributed by atoms with Gasteiger partial charge in [0, 0.05) is 18.5 Å². The van der Waals surface area contributed by atoms with Gasteiger partial charge in [-0.05, 0) is 39.0 Å². The van der Waals surface area contributed by atoms with E-state index in [-0.39, 0.29) is 11.8 Å². The van der Waals surface area contributed by atoms with Crippen molar-refractivity contribution in [2.75, 3.05) is 17.7 Å². The zero-order chi connectivity index (χ0) is 15.3. The number of carbonyl (C=O) groups excluding carboxylic acids is 2. The van der Waals surface area contributed by atoms with E-state index in [0.29, 0.717) is 11.4 Å². The normalized spacial score (nSPS) is 12.7. The predicted molar refractivity (Wildman–Crippen MR) is 78.4 cm³/mol. The van der Waals surface area contributed by atoms with Gasteiger partial charge in [-0.1, -0.05) is 6.07 Å². The smallest absolute Gasteiger partial charge is 0.253 e. The van der Waals surface area contributed by atoms with Crippen molar-refractivity contribution in [1.29, 1.82) is 0 Å². The fraction of sp³-hybridized carbons (Fsp3) is 0.429. The van der Waals surface area contributed by atoms with E-state index in [1.54, 1.807) is 45.0 Å². The number of amides is 2. The van der Waals surface area contributed by atoms with Crippen molar-refractivity contribution in [3.05, 3.63) is 24.3 Å². The van der Waals surface area contributed by atoms with Crippen molar-refractivity contribution in [2.24, 2.45) is 5.73 Å². The van der Waals surface area contributed by atoms with Crippen molar-refractivity contribution in [2.45, 2.75) is 32.4 Å². The molecule has 0 saturated carbocycles. The van der Waals surface area contributed by atoms with Gasteiger partial charge in [-0.2, -0.15) is 0 Å². The Bertz CT molecular complexity index is 495. The van der Waals surface area contributed by atoms with Gasteiger partial charge in [-0.25, -0.2) is 0 Å². The zero-order valence-electron chi connectivity index (χ0n) is 12.2. The highest BCUT2D eigenvalue weighted by molar-refractivity contribution is 5.98. The molecule has 0 radical (unpaired) electrons. The van der Waals surface area contributed by atoms with E-state index in [9.17, 15) is 9.59 Å². The quantitative estimate of drug-likeness (QED) is 0.758. The molecular weight excluding hydrogens is 258 g/mol. The number of methoxy groups -OCH3 is 1. The topological polar surface area (TPSA) is 93.5 Å². The van der Waals surface area contributed by atoms with Gasteiger partial charge in [0.2, 0.25) is 5.91 Å². The maximum Gasteiger partial charge on any atom is 0.253 e. The second-order valence-corrected chi connectivity index (χ2v) is 5.12. The summed E-state index contributed by atoms with van der Waals surface area (Å²) in [5.74, 6) is -0.554. The highest BCUT2D eigenvalue weighted by atomic mass is 16.5. The molecule has 0 bridgehead atoms. The lowest BCUT2D eigenvalue weighted by Crippen LogP contribution is -2.45. The Labute approximate surface area is 118 Å². The SMILES string of the molecule is COC(C)C(=O)Nc1cccc(NC(=O)C(C)(C)N)c1. The first-order valence-corrected chi connectivity index (χ1v) is 6.28. The molecule has 1 aromatic carbocycles. The maximum atomic E-state index is 11.8. The molecule has 0 spiro atoms. The van der Waals surface area contributed by atoms with Crippen LogP contribution in [0.3, 0.4) is 0 Å². The van der Waals surface area contributed by atoms with Gasteiger partial charge < -0.3 is 21.1 Å². The van der Waals surface area contributed by atoms with Crippen LogP contribution in [0.5, 0.6) is 0 Å². The van der Waals surface area contributed by atoms with E-state index in [1.165, 1.54) is 7.11 Å². The molecule has 1 atom stereocenters. The molecule has 110 valence electrons. The number of anilines is 2. The highest BCUT2D eigenvalue weighted by Crippen LogP contribution is 2.16. The van der Waals surface area contributed by atoms with E-state index >= 15 is 0 Å². The van der Waals surface area contributed by atoms with E-state index in [0.717, 1.165) is 0 Å². The molecular formula is C14H21N3O3. The Balaban J connectivity index is 2.76. The first-order chi connectivity index (χ1) is 9.24. The molecule has 0 heterocycles. The average Bonchev–Trinajstić information content (AvgIpc) is 2.37. The molecule has 1 aromatic rings. The zero-order valence-corrected chi connectivity index (χ0v) is 12.2. The minimum atomic E-state index is -0.968. The van der Waals surface area contributed by atoms with Crippen LogP contribution in [-0.4, -0.2) is 30.6 Å². The van der Waals surface area contributed by atoms with Crippen LogP contribution in [0.1, 0.15) is 20.8 Å². The molecule has 0 aliphatic rings. The largest absolute Gasteiger partial charge is 0.372 e. The lowest BCUT2D eigenvalue weighted by Gasteiger charge is -2.18. The predicted octanol–water partition coefficient (Wildman–Crippen LogP) is 1.34. The van der Waals surface area contributed by atoms with Gasteiger partial charge in [0.15, 0.2) is 0 Å². The van der Waals surface area contributed by atoms with Gasteiger partial charge in [0.05, 0.1) is 5.54 Å². The molecule has 0 aliphatic carbocycles. The van der Waals surface area contributed by atoms with Crippen molar-refractivity contribution < 1.29 is 14.3 Å². The Morgan fingerprint density at radius 2 is 1.80 bits per heavy atom. The minimum absolute atomic E-state index is 0.255. The van der Waals surface area contributed by atoms with E-state index in [4.69, 9.17) is 10.5 Å². The van der Waals surface area contributed by atoms with Crippen LogP contribution in [0, 0.1) is 0 Å². The summed E-state index contributed by atoms with van der Waals surface area (Å²) in [5, 5.41) is 5.39. The summed E-state index contributed by atoms with van der Waals surface area (Å²) in [7, 11) is 1.46. The van der Waals surface area contributed by atoms with E-state index in [2.05, 4.69) is 10.6 Å². The molecule has 0 aliphatic heterocycles. The standard InChI is InChI=1S/C14H21N3O3/c1-9(20-4)12(18)16-10-6-5-7-11(8-10)17-13(19)14(2,3)15/h5-9H,15H2,1-4H3,(H,16,18)(H,17,19). The number of hydrogen-bond acceptors (Lipinski definition) is 4. The first-order valence-electron chi connectivity index (χ1n) is 6.28. The number of ether oxygens (including phenoxy) is 1. The van der Waals surface area contributed by atoms with Gasteiger partial charge in [0.1, 0.15) is 6.10 Å². The number of nitrogens with one attached hydrogen (secondary N) is 2. The summed E-state index contributed by atoms with van der Waals surface area (Å²) in [6, 6.07) is 6.83. The van der Waals surface area contributed by atoms with Gasteiger partial charge >= 0.3 is 0 Å². The molecule has 1 rings (SSSR count). The fourth-order valence-corrected chi connectivity index (χ4v) is 1.32. The average molecular weight is 279 g/mol. The number of hydrogen-bond donors (Lipinski definition) is 3. The molecule has 6 heteroatoms. The van der Waals surface area contributed by atoms with E-state index in [1.807, 2.05) is 0 Å². The Hall–Kier alpha value is -1.92. The Morgan fingerprint density at radius 3 is 2.30 bits per heavy atom. The second-order valence-electron chi connectivity index (χ2n) is 5.12. The third kappa shape index (κ3) is 4.64. The molecule has 0 fully saturated rings. The van der Waals surface area contributed by atoms with Crippen LogP contribution >= 0.6 is 0 Å². The second kappa shape index (κ2) is 6.49. The number of nitrogens with two attached hydrogens (primary N) is 1. The molecule has 6 nitrogen and oxygen atoms in total. The summed E-state index contributed by atoms with van der Waals surface area (Å²) in [4.78, 5) is 23.5. The van der Waals surface area contributed by atoms with Crippen LogP contribution in [0.15, 0.2) is 24.3 Å². The van der Waals surface area contributed by atoms with Crippen LogP contribution in [0.2, 0.25) is 0 Å². The van der Waals surface area contributed by atoms with Gasteiger partial charge in [0.25, 0.3) is 5.91 Å². The van der Waals surface area contributed by atoms with Crippen molar-refractivity contribution in [3.63, 3.8) is 0 Å². The van der Waals surface area contributed by atoms with Crippen molar-refractivity contribution in [3.8, 4) is 0 Å². The summed E-state index contributed by atoms with van der Waals surface area (Å²) in [5.41, 5.74) is 5.88. The number of benzene rings is 1. The molecule has 2 amide bonds. The Kier molecular flexibility index (Phi) is 5.24. The third-order valence-corrected chi connectivity index (χ3v) is 2.70. The minimum Gasteiger partial charge on any atom is -0.372 e. The van der Waals surface area contributed by atoms with Crippen LogP contribution in [-0.2, 0) is 14.3 Å². The molecule has 0 aromatic heterocycles. The fourth-order valence-electron chi connectivity index (χ4n) is 1.32. The van der Waals surface area contributed by atoms with Crippen molar-refractivity contribution in [1.82, 2.24) is 0 Å². The molecule has 0 saturated heterocycles. The van der Waals surface area contributed by atoms with Crippen LogP contribution in [0.4, 0.5) is 11.4 Å². The van der Waals surface area contributed by atoms with Crippen LogP contribution < -0.4 is 16.4 Å². The van der Waals surface area contributed by atoms with Crippen LogP contribution in [0.25, 0.3) is 0 Å². The van der Waals surface area contributed by atoms with Gasteiger partial charge in [-0.15, -0.1) is 0 Å². The molecule has 20 heavy (non-hydrogen) atoms. The van der Waals surface area contributed by atoms with E-state index < -0.39 is 11.6 Å². The molecule has 1 unspecified atom stereocenters.